The second-order valence-electron chi connectivity index (χ2n) is 4.94. The first-order valence-electron chi connectivity index (χ1n) is 6.26. The predicted octanol–water partition coefficient (Wildman–Crippen LogP) is 2.06. The monoisotopic (exact) mass is 347 g/mol. The third kappa shape index (κ3) is 3.89. The number of hydrogen-bond donors (Lipinski definition) is 1. The zero-order chi connectivity index (χ0) is 15.5. The molecular weight excluding hydrogens is 334 g/mol. The Morgan fingerprint density at radius 2 is 2.29 bits per heavy atom. The second kappa shape index (κ2) is 6.06. The summed E-state index contributed by atoms with van der Waals surface area (Å²) in [6, 6.07) is 5.55. The molecule has 1 N–H and O–H groups in total. The number of carbonyl (C=O) groups excluding carboxylic acids is 1. The first-order valence-corrected chi connectivity index (χ1v) is 7.05. The maximum atomic E-state index is 12.2. The van der Waals surface area contributed by atoms with E-state index in [9.17, 15) is 10.1 Å². The van der Waals surface area contributed by atoms with Crippen molar-refractivity contribution in [1.82, 2.24) is 20.1 Å². The molecule has 0 radical (unpaired) electrons. The molecule has 0 fully saturated rings. The topological polar surface area (TPSA) is 83.6 Å². The first-order chi connectivity index (χ1) is 9.92. The molecular formula is C14H14BrN5O. The molecule has 2 aromatic heterocycles. The number of aryl methyl sites for hydroxylation is 1. The van der Waals surface area contributed by atoms with Crippen molar-refractivity contribution >= 4 is 21.8 Å². The van der Waals surface area contributed by atoms with Crippen LogP contribution in [0.3, 0.4) is 0 Å². The van der Waals surface area contributed by atoms with Crippen LogP contribution in [0.1, 0.15) is 23.0 Å². The molecule has 0 aliphatic rings. The van der Waals surface area contributed by atoms with E-state index in [2.05, 4.69) is 37.4 Å². The van der Waals surface area contributed by atoms with E-state index in [-0.39, 0.29) is 12.5 Å². The highest BCUT2D eigenvalue weighted by Crippen LogP contribution is 2.12. The highest BCUT2D eigenvalue weighted by atomic mass is 79.9. The Kier molecular flexibility index (Phi) is 4.38. The average Bonchev–Trinajstić information content (AvgIpc) is 2.84. The average molecular weight is 348 g/mol. The Hall–Kier alpha value is -2.20. The summed E-state index contributed by atoms with van der Waals surface area (Å²) in [7, 11) is 0. The van der Waals surface area contributed by atoms with Crippen LogP contribution in [0.15, 0.2) is 35.2 Å². The van der Waals surface area contributed by atoms with E-state index < -0.39 is 5.54 Å². The summed E-state index contributed by atoms with van der Waals surface area (Å²) in [4.78, 5) is 16.3. The van der Waals surface area contributed by atoms with Crippen molar-refractivity contribution in [2.75, 3.05) is 0 Å². The van der Waals surface area contributed by atoms with Crippen LogP contribution in [-0.2, 0) is 6.54 Å². The quantitative estimate of drug-likeness (QED) is 0.917. The van der Waals surface area contributed by atoms with Gasteiger partial charge in [-0.1, -0.05) is 0 Å². The lowest BCUT2D eigenvalue weighted by Crippen LogP contribution is -2.48. The minimum Gasteiger partial charge on any atom is -0.332 e. The van der Waals surface area contributed by atoms with E-state index in [4.69, 9.17) is 0 Å². The highest BCUT2D eigenvalue weighted by molar-refractivity contribution is 9.10. The maximum absolute atomic E-state index is 12.2. The van der Waals surface area contributed by atoms with Gasteiger partial charge in [-0.3, -0.25) is 14.5 Å². The Morgan fingerprint density at radius 1 is 1.52 bits per heavy atom. The number of nitrogens with one attached hydrogen (secondary N) is 1. The van der Waals surface area contributed by atoms with Crippen LogP contribution < -0.4 is 5.32 Å². The Balaban J connectivity index is 2.12. The summed E-state index contributed by atoms with van der Waals surface area (Å²) in [5.74, 6) is -0.335. The molecule has 0 bridgehead atoms. The zero-order valence-electron chi connectivity index (χ0n) is 11.7. The third-order valence-electron chi connectivity index (χ3n) is 2.89. The summed E-state index contributed by atoms with van der Waals surface area (Å²) in [5.41, 5.74) is 0.188. The van der Waals surface area contributed by atoms with Gasteiger partial charge in [0.15, 0.2) is 0 Å². The minimum atomic E-state index is -1.06. The van der Waals surface area contributed by atoms with Gasteiger partial charge < -0.3 is 5.32 Å². The molecule has 0 aliphatic heterocycles. The van der Waals surface area contributed by atoms with Crippen molar-refractivity contribution in [3.63, 3.8) is 0 Å². The van der Waals surface area contributed by atoms with Crippen molar-refractivity contribution in [3.8, 4) is 6.07 Å². The SMILES string of the molecule is Cc1ccc(C(=O)N[C@](C)(C#N)Cn2cc(Br)cn2)cn1. The van der Waals surface area contributed by atoms with Gasteiger partial charge >= 0.3 is 0 Å². The number of nitrogens with zero attached hydrogens (tertiary/aromatic N) is 4. The fraction of sp³-hybridized carbons (Fsp3) is 0.286. The smallest absolute Gasteiger partial charge is 0.254 e. The molecule has 0 aliphatic carbocycles. The van der Waals surface area contributed by atoms with Crippen LogP contribution in [0.25, 0.3) is 0 Å². The molecule has 2 rings (SSSR count). The fourth-order valence-electron chi connectivity index (χ4n) is 1.78. The van der Waals surface area contributed by atoms with Crippen molar-refractivity contribution in [2.45, 2.75) is 25.9 Å². The molecule has 108 valence electrons. The lowest BCUT2D eigenvalue weighted by molar-refractivity contribution is 0.0917. The van der Waals surface area contributed by atoms with Gasteiger partial charge in [-0.2, -0.15) is 10.4 Å². The summed E-state index contributed by atoms with van der Waals surface area (Å²) in [6.07, 6.45) is 4.87. The first kappa shape index (κ1) is 15.2. The molecule has 0 aromatic carbocycles. The molecule has 1 atom stereocenters. The number of aromatic nitrogens is 3. The van der Waals surface area contributed by atoms with E-state index in [1.54, 1.807) is 36.1 Å². The molecule has 7 heteroatoms. The van der Waals surface area contributed by atoms with Crippen LogP contribution in [-0.4, -0.2) is 26.2 Å². The number of pyridine rings is 1. The summed E-state index contributed by atoms with van der Waals surface area (Å²) < 4.78 is 2.41. The number of nitriles is 1. The number of amides is 1. The zero-order valence-corrected chi connectivity index (χ0v) is 13.3. The second-order valence-corrected chi connectivity index (χ2v) is 5.86. The molecule has 1 amide bonds. The largest absolute Gasteiger partial charge is 0.332 e. The van der Waals surface area contributed by atoms with Crippen molar-refractivity contribution in [1.29, 1.82) is 5.26 Å². The van der Waals surface area contributed by atoms with Gasteiger partial charge in [0.1, 0.15) is 5.54 Å². The predicted molar refractivity (Wildman–Crippen MR) is 80.4 cm³/mol. The van der Waals surface area contributed by atoms with Crippen LogP contribution in [0.4, 0.5) is 0 Å². The Morgan fingerprint density at radius 3 is 2.81 bits per heavy atom. The van der Waals surface area contributed by atoms with Crippen molar-refractivity contribution < 1.29 is 4.79 Å². The fourth-order valence-corrected chi connectivity index (χ4v) is 2.10. The number of carbonyl (C=O) groups is 1. The van der Waals surface area contributed by atoms with E-state index in [0.29, 0.717) is 5.56 Å². The number of hydrogen-bond acceptors (Lipinski definition) is 4. The van der Waals surface area contributed by atoms with Crippen LogP contribution >= 0.6 is 15.9 Å². The Labute approximate surface area is 130 Å². The molecule has 2 aromatic rings. The Bertz CT molecular complexity index is 688. The molecule has 0 saturated carbocycles. The molecule has 0 saturated heterocycles. The van der Waals surface area contributed by atoms with Gasteiger partial charge in [0.2, 0.25) is 0 Å². The van der Waals surface area contributed by atoms with Gasteiger partial charge in [0.05, 0.1) is 28.8 Å². The van der Waals surface area contributed by atoms with E-state index in [0.717, 1.165) is 10.2 Å². The molecule has 2 heterocycles. The van der Waals surface area contributed by atoms with Gasteiger partial charge in [-0.05, 0) is 41.9 Å². The third-order valence-corrected chi connectivity index (χ3v) is 3.30. The lowest BCUT2D eigenvalue weighted by atomic mass is 10.0. The van der Waals surface area contributed by atoms with Crippen LogP contribution in [0, 0.1) is 18.3 Å². The van der Waals surface area contributed by atoms with Crippen molar-refractivity contribution in [2.24, 2.45) is 0 Å². The van der Waals surface area contributed by atoms with Gasteiger partial charge in [0.25, 0.3) is 5.91 Å². The van der Waals surface area contributed by atoms with Gasteiger partial charge in [0, 0.05) is 18.1 Å². The normalized spacial score (nSPS) is 13.2. The van der Waals surface area contributed by atoms with Crippen LogP contribution in [0.2, 0.25) is 0 Å². The van der Waals surface area contributed by atoms with E-state index >= 15 is 0 Å². The van der Waals surface area contributed by atoms with Crippen LogP contribution in [0.5, 0.6) is 0 Å². The molecule has 6 nitrogen and oxygen atoms in total. The van der Waals surface area contributed by atoms with E-state index in [1.807, 2.05) is 6.92 Å². The summed E-state index contributed by atoms with van der Waals surface area (Å²) >= 11 is 3.29. The van der Waals surface area contributed by atoms with Gasteiger partial charge in [-0.15, -0.1) is 0 Å². The highest BCUT2D eigenvalue weighted by Gasteiger charge is 2.27. The van der Waals surface area contributed by atoms with Gasteiger partial charge in [-0.25, -0.2) is 0 Å². The van der Waals surface area contributed by atoms with E-state index in [1.165, 1.54) is 6.20 Å². The van der Waals surface area contributed by atoms with Crippen molar-refractivity contribution in [3.05, 3.63) is 46.5 Å². The maximum Gasteiger partial charge on any atom is 0.254 e. The summed E-state index contributed by atoms with van der Waals surface area (Å²) in [6.45, 7) is 3.75. The standard InChI is InChI=1S/C14H14BrN5O/c1-10-3-4-11(5-17-10)13(21)19-14(2,8-16)9-20-7-12(15)6-18-20/h3-7H,9H2,1-2H3,(H,19,21)/t14-/m1/s1. The molecule has 0 unspecified atom stereocenters. The minimum absolute atomic E-state index is 0.250. The molecule has 21 heavy (non-hydrogen) atoms. The lowest BCUT2D eigenvalue weighted by Gasteiger charge is -2.23. The number of halogens is 1. The number of rotatable bonds is 4. The molecule has 0 spiro atoms. The summed E-state index contributed by atoms with van der Waals surface area (Å²) in [5, 5.41) is 16.2.